The molecule has 0 bridgehead atoms. The van der Waals surface area contributed by atoms with Crippen LogP contribution < -0.4 is 20.1 Å². The molecule has 0 radical (unpaired) electrons. The summed E-state index contributed by atoms with van der Waals surface area (Å²) in [5, 5.41) is 5.99. The van der Waals surface area contributed by atoms with E-state index in [-0.39, 0.29) is 12.1 Å². The third kappa shape index (κ3) is 4.57. The summed E-state index contributed by atoms with van der Waals surface area (Å²) in [7, 11) is 0. The zero-order valence-electron chi connectivity index (χ0n) is 16.4. The van der Waals surface area contributed by atoms with Crippen LogP contribution in [0.4, 0.5) is 10.5 Å². The van der Waals surface area contributed by atoms with E-state index in [9.17, 15) is 4.79 Å². The maximum atomic E-state index is 12.4. The Morgan fingerprint density at radius 1 is 1.07 bits per heavy atom. The summed E-state index contributed by atoms with van der Waals surface area (Å²) in [6.45, 7) is 6.65. The highest BCUT2D eigenvalue weighted by Crippen LogP contribution is 2.40. The number of nitrogens with one attached hydrogen (secondary N) is 2. The van der Waals surface area contributed by atoms with Gasteiger partial charge in [-0.25, -0.2) is 4.79 Å². The van der Waals surface area contributed by atoms with Crippen LogP contribution in [0.2, 0.25) is 0 Å². The molecule has 2 aliphatic rings. The molecular formula is C22H27N3O3. The first-order valence-electron chi connectivity index (χ1n) is 9.83. The van der Waals surface area contributed by atoms with Crippen molar-refractivity contribution in [3.8, 4) is 11.5 Å². The molecule has 6 nitrogen and oxygen atoms in total. The van der Waals surface area contributed by atoms with Gasteiger partial charge in [0, 0.05) is 51.3 Å². The van der Waals surface area contributed by atoms with Gasteiger partial charge in [-0.1, -0.05) is 30.3 Å². The van der Waals surface area contributed by atoms with E-state index in [2.05, 4.69) is 39.8 Å². The van der Waals surface area contributed by atoms with Crippen LogP contribution in [0.1, 0.15) is 32.3 Å². The Labute approximate surface area is 165 Å². The van der Waals surface area contributed by atoms with Crippen LogP contribution in [0.15, 0.2) is 48.5 Å². The topological polar surface area (TPSA) is 62.8 Å². The SMILES string of the molecule is CC1(C)Oc2ccc(NC(=O)NC3CCN(Cc4ccccc4)CC3)cc2O1. The first-order valence-corrected chi connectivity index (χ1v) is 9.83. The Kier molecular flexibility index (Phi) is 5.13. The Bertz CT molecular complexity index is 830. The molecule has 28 heavy (non-hydrogen) atoms. The lowest BCUT2D eigenvalue weighted by atomic mass is 10.0. The first-order chi connectivity index (χ1) is 13.5. The van der Waals surface area contributed by atoms with E-state index in [0.29, 0.717) is 17.2 Å². The van der Waals surface area contributed by atoms with E-state index < -0.39 is 5.79 Å². The third-order valence-electron chi connectivity index (χ3n) is 5.08. The van der Waals surface area contributed by atoms with E-state index in [0.717, 1.165) is 32.5 Å². The van der Waals surface area contributed by atoms with Crippen molar-refractivity contribution >= 4 is 11.7 Å². The number of nitrogens with zero attached hydrogens (tertiary/aromatic N) is 1. The molecule has 0 aromatic heterocycles. The number of benzene rings is 2. The Morgan fingerprint density at radius 2 is 1.79 bits per heavy atom. The van der Waals surface area contributed by atoms with Gasteiger partial charge in [0.05, 0.1) is 0 Å². The highest BCUT2D eigenvalue weighted by Gasteiger charge is 2.31. The molecule has 2 aromatic rings. The lowest BCUT2D eigenvalue weighted by molar-refractivity contribution is -0.0431. The van der Waals surface area contributed by atoms with Crippen molar-refractivity contribution in [3.05, 3.63) is 54.1 Å². The molecule has 1 fully saturated rings. The van der Waals surface area contributed by atoms with Crippen LogP contribution >= 0.6 is 0 Å². The average molecular weight is 381 g/mol. The van der Waals surface area contributed by atoms with Crippen molar-refractivity contribution in [2.45, 2.75) is 45.1 Å². The van der Waals surface area contributed by atoms with Crippen molar-refractivity contribution in [1.82, 2.24) is 10.2 Å². The summed E-state index contributed by atoms with van der Waals surface area (Å²) in [6.07, 6.45) is 1.91. The Hall–Kier alpha value is -2.73. The average Bonchev–Trinajstić information content (AvgIpc) is 2.97. The predicted octanol–water partition coefficient (Wildman–Crippen LogP) is 3.98. The van der Waals surface area contributed by atoms with Gasteiger partial charge in [0.1, 0.15) is 0 Å². The van der Waals surface area contributed by atoms with Gasteiger partial charge >= 0.3 is 6.03 Å². The van der Waals surface area contributed by atoms with Crippen LogP contribution in [0.5, 0.6) is 11.5 Å². The molecule has 2 amide bonds. The van der Waals surface area contributed by atoms with Crippen molar-refractivity contribution < 1.29 is 14.3 Å². The number of urea groups is 1. The minimum atomic E-state index is -0.670. The Balaban J connectivity index is 1.24. The van der Waals surface area contributed by atoms with Gasteiger partial charge < -0.3 is 20.1 Å². The van der Waals surface area contributed by atoms with Crippen molar-refractivity contribution in [2.75, 3.05) is 18.4 Å². The van der Waals surface area contributed by atoms with Gasteiger partial charge in [-0.2, -0.15) is 0 Å². The van der Waals surface area contributed by atoms with Crippen molar-refractivity contribution in [1.29, 1.82) is 0 Å². The van der Waals surface area contributed by atoms with Gasteiger partial charge in [0.2, 0.25) is 5.79 Å². The van der Waals surface area contributed by atoms with Gasteiger partial charge in [-0.3, -0.25) is 4.90 Å². The minimum Gasteiger partial charge on any atom is -0.449 e. The maximum absolute atomic E-state index is 12.4. The molecule has 4 rings (SSSR count). The fourth-order valence-corrected chi connectivity index (χ4v) is 3.73. The molecule has 2 heterocycles. The molecule has 2 N–H and O–H groups in total. The van der Waals surface area contributed by atoms with Gasteiger partial charge in [-0.15, -0.1) is 0 Å². The molecule has 148 valence electrons. The number of anilines is 1. The maximum Gasteiger partial charge on any atom is 0.319 e. The largest absolute Gasteiger partial charge is 0.449 e. The monoisotopic (exact) mass is 381 g/mol. The number of likely N-dealkylation sites (tertiary alicyclic amines) is 1. The van der Waals surface area contributed by atoms with E-state index in [4.69, 9.17) is 9.47 Å². The molecule has 1 saturated heterocycles. The Morgan fingerprint density at radius 3 is 2.54 bits per heavy atom. The van der Waals surface area contributed by atoms with E-state index >= 15 is 0 Å². The molecular weight excluding hydrogens is 354 g/mol. The highest BCUT2D eigenvalue weighted by atomic mass is 16.7. The van der Waals surface area contributed by atoms with Crippen molar-refractivity contribution in [3.63, 3.8) is 0 Å². The number of ether oxygens (including phenoxy) is 2. The molecule has 6 heteroatoms. The number of hydrogen-bond donors (Lipinski definition) is 2. The summed E-state index contributed by atoms with van der Waals surface area (Å²) in [6, 6.07) is 16.0. The van der Waals surface area contributed by atoms with Crippen LogP contribution in [-0.2, 0) is 6.54 Å². The molecule has 2 aromatic carbocycles. The smallest absolute Gasteiger partial charge is 0.319 e. The first kappa shape index (κ1) is 18.6. The summed E-state index contributed by atoms with van der Waals surface area (Å²) < 4.78 is 11.4. The minimum absolute atomic E-state index is 0.181. The second kappa shape index (κ2) is 7.72. The number of amides is 2. The standard InChI is InChI=1S/C22H27N3O3/c1-22(2)27-19-9-8-18(14-20(19)28-22)24-21(26)23-17-10-12-25(13-11-17)15-16-6-4-3-5-7-16/h3-9,14,17H,10-13,15H2,1-2H3,(H2,23,24,26). The zero-order chi connectivity index (χ0) is 19.6. The van der Waals surface area contributed by atoms with Gasteiger partial charge in [0.15, 0.2) is 11.5 Å². The molecule has 0 unspecified atom stereocenters. The predicted molar refractivity (Wildman–Crippen MR) is 109 cm³/mol. The summed E-state index contributed by atoms with van der Waals surface area (Å²) in [5.41, 5.74) is 2.02. The summed E-state index contributed by atoms with van der Waals surface area (Å²) in [4.78, 5) is 14.8. The molecule has 0 aliphatic carbocycles. The quantitative estimate of drug-likeness (QED) is 0.841. The fraction of sp³-hybridized carbons (Fsp3) is 0.409. The second-order valence-corrected chi connectivity index (χ2v) is 7.90. The summed E-state index contributed by atoms with van der Waals surface area (Å²) in [5.74, 6) is 0.676. The zero-order valence-corrected chi connectivity index (χ0v) is 16.4. The third-order valence-corrected chi connectivity index (χ3v) is 5.08. The lowest BCUT2D eigenvalue weighted by Crippen LogP contribution is -2.45. The van der Waals surface area contributed by atoms with Gasteiger partial charge in [-0.05, 0) is 30.5 Å². The highest BCUT2D eigenvalue weighted by molar-refractivity contribution is 5.89. The van der Waals surface area contributed by atoms with Crippen LogP contribution in [0.3, 0.4) is 0 Å². The second-order valence-electron chi connectivity index (χ2n) is 7.90. The number of carbonyl (C=O) groups excluding carboxylic acids is 1. The number of hydrogen-bond acceptors (Lipinski definition) is 4. The lowest BCUT2D eigenvalue weighted by Gasteiger charge is -2.32. The van der Waals surface area contributed by atoms with Crippen LogP contribution in [-0.4, -0.2) is 35.8 Å². The van der Waals surface area contributed by atoms with Crippen LogP contribution in [0, 0.1) is 0 Å². The number of piperidine rings is 1. The number of rotatable bonds is 4. The van der Waals surface area contributed by atoms with Gasteiger partial charge in [0.25, 0.3) is 0 Å². The van der Waals surface area contributed by atoms with Crippen molar-refractivity contribution in [2.24, 2.45) is 0 Å². The molecule has 0 atom stereocenters. The van der Waals surface area contributed by atoms with E-state index in [1.165, 1.54) is 5.56 Å². The molecule has 2 aliphatic heterocycles. The normalized spacial score (nSPS) is 18.6. The van der Waals surface area contributed by atoms with Crippen LogP contribution in [0.25, 0.3) is 0 Å². The number of carbonyl (C=O) groups is 1. The van der Waals surface area contributed by atoms with E-state index in [1.54, 1.807) is 6.07 Å². The van der Waals surface area contributed by atoms with E-state index in [1.807, 2.05) is 32.0 Å². The summed E-state index contributed by atoms with van der Waals surface area (Å²) >= 11 is 0. The fourth-order valence-electron chi connectivity index (χ4n) is 3.73. The molecule has 0 saturated carbocycles. The molecule has 0 spiro atoms. The number of fused-ring (bicyclic) bond motifs is 1.